The number of carboxylic acids is 1. The molecule has 4 aliphatic carbocycles. The molecule has 4 bridgehead atoms. The van der Waals surface area contributed by atoms with Crippen LogP contribution < -0.4 is 0 Å². The number of carboxylic acid groups (broad SMARTS) is 1. The predicted octanol–water partition coefficient (Wildman–Crippen LogP) is 3.11. The summed E-state index contributed by atoms with van der Waals surface area (Å²) in [6.07, 6.45) is 1.19. The number of rotatable bonds is 5. The molecule has 0 radical (unpaired) electrons. The summed E-state index contributed by atoms with van der Waals surface area (Å²) >= 11 is 0. The van der Waals surface area contributed by atoms with Gasteiger partial charge in [0.2, 0.25) is 0 Å². The van der Waals surface area contributed by atoms with Gasteiger partial charge in [-0.1, -0.05) is 0 Å². The van der Waals surface area contributed by atoms with Crippen molar-refractivity contribution in [2.45, 2.75) is 91.0 Å². The topological polar surface area (TPSA) is 116 Å². The number of esters is 3. The fraction of sp³-hybridized carbons (Fsp3) is 0.826. The summed E-state index contributed by atoms with van der Waals surface area (Å²) in [5.74, 6) is -3.72. The van der Waals surface area contributed by atoms with Crippen LogP contribution in [0.25, 0.3) is 0 Å². The van der Waals surface area contributed by atoms with Crippen molar-refractivity contribution in [3.8, 4) is 0 Å². The van der Waals surface area contributed by atoms with E-state index < -0.39 is 52.5 Å². The smallest absolute Gasteiger partial charge is 0.359 e. The van der Waals surface area contributed by atoms with E-state index in [1.165, 1.54) is 0 Å². The van der Waals surface area contributed by atoms with Gasteiger partial charge >= 0.3 is 23.9 Å². The van der Waals surface area contributed by atoms with Crippen molar-refractivity contribution in [2.75, 3.05) is 0 Å². The average Bonchev–Trinajstić information content (AvgIpc) is 2.54. The molecular weight excluding hydrogens is 404 g/mol. The number of ether oxygens (including phenoxy) is 3. The Hall–Kier alpha value is -2.12. The summed E-state index contributed by atoms with van der Waals surface area (Å²) in [5.41, 5.74) is -2.61. The Bertz CT molecular complexity index is 727. The van der Waals surface area contributed by atoms with Crippen LogP contribution >= 0.6 is 0 Å². The van der Waals surface area contributed by atoms with E-state index in [0.29, 0.717) is 19.3 Å². The van der Waals surface area contributed by atoms with Gasteiger partial charge in [-0.15, -0.1) is 0 Å². The van der Waals surface area contributed by atoms with Crippen molar-refractivity contribution in [3.05, 3.63) is 0 Å². The highest BCUT2D eigenvalue weighted by Gasteiger charge is 2.61. The average molecular weight is 439 g/mol. The second-order valence-electron chi connectivity index (χ2n) is 11.5. The van der Waals surface area contributed by atoms with Gasteiger partial charge in [0.25, 0.3) is 6.10 Å². The van der Waals surface area contributed by atoms with Crippen molar-refractivity contribution >= 4 is 23.9 Å². The quantitative estimate of drug-likeness (QED) is 0.395. The highest BCUT2D eigenvalue weighted by Crippen LogP contribution is 2.62. The maximum atomic E-state index is 13.3. The molecule has 31 heavy (non-hydrogen) atoms. The number of carbonyl (C=O) groups excluding carboxylic acids is 3. The van der Waals surface area contributed by atoms with E-state index in [9.17, 15) is 24.3 Å². The summed E-state index contributed by atoms with van der Waals surface area (Å²) in [6, 6.07) is 0. The van der Waals surface area contributed by atoms with E-state index in [4.69, 9.17) is 14.2 Å². The first kappa shape index (κ1) is 23.5. The second kappa shape index (κ2) is 7.78. The summed E-state index contributed by atoms with van der Waals surface area (Å²) in [6.45, 7) is 9.94. The van der Waals surface area contributed by atoms with Gasteiger partial charge in [-0.05, 0) is 91.4 Å². The predicted molar refractivity (Wildman–Crippen MR) is 109 cm³/mol. The molecule has 8 nitrogen and oxygen atoms in total. The zero-order valence-corrected chi connectivity index (χ0v) is 19.2. The minimum absolute atomic E-state index is 0.0854. The maximum absolute atomic E-state index is 13.3. The third-order valence-corrected chi connectivity index (χ3v) is 6.46. The van der Waals surface area contributed by atoms with Crippen molar-refractivity contribution in [1.29, 1.82) is 0 Å². The van der Waals surface area contributed by atoms with Crippen LogP contribution in [0, 0.1) is 29.1 Å². The van der Waals surface area contributed by atoms with E-state index in [1.807, 2.05) is 0 Å². The van der Waals surface area contributed by atoms with Gasteiger partial charge in [0, 0.05) is 0 Å². The van der Waals surface area contributed by atoms with Crippen LogP contribution in [0.4, 0.5) is 0 Å². The molecule has 4 fully saturated rings. The summed E-state index contributed by atoms with van der Waals surface area (Å²) in [4.78, 5) is 50.5. The Morgan fingerprint density at radius 3 is 1.68 bits per heavy atom. The lowest BCUT2D eigenvalue weighted by molar-refractivity contribution is -0.202. The van der Waals surface area contributed by atoms with Crippen LogP contribution in [0.5, 0.6) is 0 Å². The highest BCUT2D eigenvalue weighted by atomic mass is 16.6. The third-order valence-electron chi connectivity index (χ3n) is 6.46. The van der Waals surface area contributed by atoms with Crippen LogP contribution in [0.2, 0.25) is 0 Å². The molecule has 0 amide bonds. The Morgan fingerprint density at radius 2 is 1.29 bits per heavy atom. The molecule has 0 heterocycles. The first-order valence-electron chi connectivity index (χ1n) is 11.0. The minimum atomic E-state index is -1.81. The zero-order valence-electron chi connectivity index (χ0n) is 19.2. The van der Waals surface area contributed by atoms with Crippen molar-refractivity contribution in [2.24, 2.45) is 29.1 Å². The Labute approximate surface area is 183 Å². The summed E-state index contributed by atoms with van der Waals surface area (Å²) < 4.78 is 16.1. The molecular formula is C23H34O8. The number of aliphatic carboxylic acids is 1. The molecule has 0 aliphatic heterocycles. The lowest BCUT2D eigenvalue weighted by Gasteiger charge is -2.57. The normalized spacial score (nSPS) is 32.0. The Kier molecular flexibility index (Phi) is 5.91. The molecule has 4 aliphatic rings. The summed E-state index contributed by atoms with van der Waals surface area (Å²) in [5, 5.41) is 9.64. The van der Waals surface area contributed by atoms with E-state index in [-0.39, 0.29) is 17.8 Å². The van der Waals surface area contributed by atoms with Crippen LogP contribution in [-0.2, 0) is 33.4 Å². The molecule has 2 unspecified atom stereocenters. The Balaban J connectivity index is 1.81. The summed E-state index contributed by atoms with van der Waals surface area (Å²) in [7, 11) is 0. The van der Waals surface area contributed by atoms with Crippen molar-refractivity contribution in [3.63, 3.8) is 0 Å². The fourth-order valence-electron chi connectivity index (χ4n) is 5.81. The fourth-order valence-corrected chi connectivity index (χ4v) is 5.81. The first-order valence-corrected chi connectivity index (χ1v) is 11.0. The van der Waals surface area contributed by atoms with E-state index >= 15 is 0 Å². The molecule has 0 aromatic heterocycles. The van der Waals surface area contributed by atoms with Gasteiger partial charge in [-0.25, -0.2) is 9.59 Å². The van der Waals surface area contributed by atoms with E-state index in [1.54, 1.807) is 41.5 Å². The van der Waals surface area contributed by atoms with Gasteiger partial charge in [0.1, 0.15) is 11.2 Å². The number of hydrogen-bond acceptors (Lipinski definition) is 7. The molecule has 0 aromatic carbocycles. The molecule has 2 atom stereocenters. The number of carbonyl (C=O) groups is 4. The maximum Gasteiger partial charge on any atom is 0.359 e. The molecule has 4 saturated carbocycles. The van der Waals surface area contributed by atoms with Gasteiger partial charge in [-0.2, -0.15) is 0 Å². The van der Waals surface area contributed by atoms with Gasteiger partial charge in [0.05, 0.1) is 11.3 Å². The van der Waals surface area contributed by atoms with Crippen molar-refractivity contribution < 1.29 is 38.5 Å². The van der Waals surface area contributed by atoms with Gasteiger partial charge in [-0.3, -0.25) is 9.59 Å². The molecule has 8 heteroatoms. The second-order valence-corrected chi connectivity index (χ2v) is 11.5. The van der Waals surface area contributed by atoms with Crippen LogP contribution in [0.15, 0.2) is 0 Å². The highest BCUT2D eigenvalue weighted by molar-refractivity contribution is 6.00. The first-order chi connectivity index (χ1) is 14.1. The van der Waals surface area contributed by atoms with Gasteiger partial charge < -0.3 is 19.3 Å². The Morgan fingerprint density at radius 1 is 0.839 bits per heavy atom. The largest absolute Gasteiger partial charge is 0.481 e. The molecule has 4 rings (SSSR count). The molecule has 1 N–H and O–H groups in total. The molecule has 174 valence electrons. The van der Waals surface area contributed by atoms with Gasteiger partial charge in [0.15, 0.2) is 0 Å². The zero-order chi connectivity index (χ0) is 23.4. The third kappa shape index (κ3) is 5.04. The van der Waals surface area contributed by atoms with Crippen molar-refractivity contribution in [1.82, 2.24) is 0 Å². The van der Waals surface area contributed by atoms with Crippen LogP contribution in [0.1, 0.15) is 73.6 Å². The SMILES string of the molecule is CC(C)(C)OC(=O)C(OC(=O)C12CC3CC(C1)C(C(=O)O)C(C3)C2)C(=O)OC(C)(C)C. The van der Waals surface area contributed by atoms with E-state index in [0.717, 1.165) is 12.8 Å². The van der Waals surface area contributed by atoms with Crippen LogP contribution in [0.3, 0.4) is 0 Å². The standard InChI is InChI=1S/C23H34O8/c1-21(2,3)30-18(26)16(19(27)31-22(4,5)6)29-20(28)23-9-12-7-13(10-23)15(17(24)25)14(8-12)11-23/h12-16H,7-11H2,1-6H3,(H,24,25). The lowest BCUT2D eigenvalue weighted by atomic mass is 9.46. The van der Waals surface area contributed by atoms with Crippen LogP contribution in [-0.4, -0.2) is 46.3 Å². The minimum Gasteiger partial charge on any atom is -0.481 e. The lowest BCUT2D eigenvalue weighted by Crippen LogP contribution is -2.57. The molecule has 0 saturated heterocycles. The van der Waals surface area contributed by atoms with E-state index in [2.05, 4.69) is 0 Å². The molecule has 0 aromatic rings. The number of hydrogen-bond donors (Lipinski definition) is 1. The molecule has 0 spiro atoms. The monoisotopic (exact) mass is 438 g/mol.